The van der Waals surface area contributed by atoms with Gasteiger partial charge in [0.25, 0.3) is 6.01 Å². The lowest BCUT2D eigenvalue weighted by Gasteiger charge is -2.01. The van der Waals surface area contributed by atoms with Crippen LogP contribution in [0.4, 0.5) is 6.01 Å². The summed E-state index contributed by atoms with van der Waals surface area (Å²) in [5, 5.41) is 11.6. The molecule has 0 bridgehead atoms. The first-order valence-corrected chi connectivity index (χ1v) is 6.57. The summed E-state index contributed by atoms with van der Waals surface area (Å²) in [4.78, 5) is 14.6. The van der Waals surface area contributed by atoms with Crippen LogP contribution in [0.25, 0.3) is 11.1 Å². The van der Waals surface area contributed by atoms with Crippen molar-refractivity contribution in [2.24, 2.45) is 0 Å². The number of unbranched alkanes of at least 4 members (excludes halogenated alkanes) is 3. The van der Waals surface area contributed by atoms with E-state index in [4.69, 9.17) is 9.52 Å². The van der Waals surface area contributed by atoms with Gasteiger partial charge in [0, 0.05) is 13.0 Å². The third-order valence-corrected chi connectivity index (χ3v) is 2.89. The standard InChI is InChI=1S/C14H18N2O3/c17-13(18)9-3-1-2-6-10-15-14-16-11-7-4-5-8-12(11)19-14/h4-5,7-8H,1-3,6,9-10H2,(H,15,16)(H,17,18). The van der Waals surface area contributed by atoms with Gasteiger partial charge in [-0.1, -0.05) is 25.0 Å². The molecule has 0 aliphatic carbocycles. The summed E-state index contributed by atoms with van der Waals surface area (Å²) in [5.41, 5.74) is 1.64. The molecule has 1 aromatic heterocycles. The van der Waals surface area contributed by atoms with E-state index >= 15 is 0 Å². The van der Waals surface area contributed by atoms with Crippen LogP contribution in [-0.2, 0) is 4.79 Å². The lowest BCUT2D eigenvalue weighted by Crippen LogP contribution is -2.01. The molecule has 0 unspecified atom stereocenters. The Bertz CT molecular complexity index is 503. The van der Waals surface area contributed by atoms with Gasteiger partial charge in [-0.15, -0.1) is 0 Å². The molecule has 102 valence electrons. The van der Waals surface area contributed by atoms with E-state index in [0.29, 0.717) is 6.01 Å². The first kappa shape index (κ1) is 13.4. The highest BCUT2D eigenvalue weighted by atomic mass is 16.4. The Morgan fingerprint density at radius 2 is 2.00 bits per heavy atom. The molecule has 0 aliphatic heterocycles. The number of benzene rings is 1. The highest BCUT2D eigenvalue weighted by Crippen LogP contribution is 2.17. The van der Waals surface area contributed by atoms with Crippen molar-refractivity contribution in [3.63, 3.8) is 0 Å². The van der Waals surface area contributed by atoms with Crippen LogP contribution in [0.1, 0.15) is 32.1 Å². The van der Waals surface area contributed by atoms with Gasteiger partial charge in [-0.05, 0) is 25.0 Å². The summed E-state index contributed by atoms with van der Waals surface area (Å²) in [6.45, 7) is 0.792. The second kappa shape index (κ2) is 6.78. The fourth-order valence-corrected chi connectivity index (χ4v) is 1.90. The molecule has 0 atom stereocenters. The zero-order chi connectivity index (χ0) is 13.5. The Morgan fingerprint density at radius 1 is 1.21 bits per heavy atom. The van der Waals surface area contributed by atoms with Crippen molar-refractivity contribution in [1.29, 1.82) is 0 Å². The first-order chi connectivity index (χ1) is 9.25. The lowest BCUT2D eigenvalue weighted by molar-refractivity contribution is -0.137. The smallest absolute Gasteiger partial charge is 0.303 e. The quantitative estimate of drug-likeness (QED) is 0.714. The van der Waals surface area contributed by atoms with Gasteiger partial charge in [0.05, 0.1) is 0 Å². The van der Waals surface area contributed by atoms with Crippen molar-refractivity contribution in [3.8, 4) is 0 Å². The molecule has 0 spiro atoms. The van der Waals surface area contributed by atoms with E-state index in [1.165, 1.54) is 0 Å². The average molecular weight is 262 g/mol. The van der Waals surface area contributed by atoms with Gasteiger partial charge in [0.15, 0.2) is 5.58 Å². The maximum atomic E-state index is 10.3. The molecule has 0 aliphatic rings. The molecule has 0 radical (unpaired) electrons. The Hall–Kier alpha value is -2.04. The maximum Gasteiger partial charge on any atom is 0.303 e. The molecule has 1 heterocycles. The van der Waals surface area contributed by atoms with Crippen molar-refractivity contribution in [2.75, 3.05) is 11.9 Å². The Kier molecular flexibility index (Phi) is 4.78. The predicted octanol–water partition coefficient (Wildman–Crippen LogP) is 3.27. The Balaban J connectivity index is 1.64. The number of hydrogen-bond acceptors (Lipinski definition) is 4. The number of para-hydroxylation sites is 2. The minimum atomic E-state index is -0.718. The number of rotatable bonds is 8. The fourth-order valence-electron chi connectivity index (χ4n) is 1.90. The van der Waals surface area contributed by atoms with Crippen LogP contribution < -0.4 is 5.32 Å². The Labute approximate surface area is 111 Å². The topological polar surface area (TPSA) is 75.4 Å². The second-order valence-electron chi connectivity index (χ2n) is 4.47. The van der Waals surface area contributed by atoms with Crippen LogP contribution >= 0.6 is 0 Å². The monoisotopic (exact) mass is 262 g/mol. The number of oxazole rings is 1. The molecule has 0 saturated heterocycles. The highest BCUT2D eigenvalue weighted by Gasteiger charge is 2.03. The van der Waals surface area contributed by atoms with Gasteiger partial charge >= 0.3 is 5.97 Å². The molecular weight excluding hydrogens is 244 g/mol. The number of aromatic nitrogens is 1. The number of carbonyl (C=O) groups is 1. The van der Waals surface area contributed by atoms with Crippen molar-refractivity contribution in [3.05, 3.63) is 24.3 Å². The van der Waals surface area contributed by atoms with Gasteiger partial charge in [-0.25, -0.2) is 0 Å². The molecular formula is C14H18N2O3. The number of carboxylic acids is 1. The van der Waals surface area contributed by atoms with Crippen molar-refractivity contribution >= 4 is 23.1 Å². The van der Waals surface area contributed by atoms with Gasteiger partial charge in [-0.2, -0.15) is 4.98 Å². The molecule has 19 heavy (non-hydrogen) atoms. The predicted molar refractivity (Wildman–Crippen MR) is 73.2 cm³/mol. The average Bonchev–Trinajstić information content (AvgIpc) is 2.79. The summed E-state index contributed by atoms with van der Waals surface area (Å²) in [6.07, 6.45) is 3.96. The number of hydrogen-bond donors (Lipinski definition) is 2. The number of fused-ring (bicyclic) bond motifs is 1. The SMILES string of the molecule is O=C(O)CCCCCCNc1nc2ccccc2o1. The van der Waals surface area contributed by atoms with E-state index in [1.54, 1.807) is 0 Å². The maximum absolute atomic E-state index is 10.3. The summed E-state index contributed by atoms with van der Waals surface area (Å²) in [5.74, 6) is -0.718. The molecule has 0 fully saturated rings. The third kappa shape index (κ3) is 4.28. The van der Waals surface area contributed by atoms with Crippen LogP contribution in [0.5, 0.6) is 0 Å². The third-order valence-electron chi connectivity index (χ3n) is 2.89. The van der Waals surface area contributed by atoms with Gasteiger partial charge in [0.1, 0.15) is 5.52 Å². The minimum Gasteiger partial charge on any atom is -0.481 e. The van der Waals surface area contributed by atoms with Crippen LogP contribution in [0, 0.1) is 0 Å². The van der Waals surface area contributed by atoms with Crippen LogP contribution in [0.2, 0.25) is 0 Å². The van der Waals surface area contributed by atoms with Gasteiger partial charge in [-0.3, -0.25) is 4.79 Å². The minimum absolute atomic E-state index is 0.262. The number of nitrogens with one attached hydrogen (secondary N) is 1. The largest absolute Gasteiger partial charge is 0.481 e. The van der Waals surface area contributed by atoms with Gasteiger partial charge < -0.3 is 14.8 Å². The first-order valence-electron chi connectivity index (χ1n) is 6.57. The van der Waals surface area contributed by atoms with Crippen molar-refractivity contribution in [1.82, 2.24) is 4.98 Å². The van der Waals surface area contributed by atoms with Gasteiger partial charge in [0.2, 0.25) is 0 Å². The molecule has 1 aromatic carbocycles. The van der Waals surface area contributed by atoms with E-state index in [9.17, 15) is 4.79 Å². The molecule has 0 amide bonds. The molecule has 5 heteroatoms. The summed E-state index contributed by atoms with van der Waals surface area (Å²) < 4.78 is 5.53. The lowest BCUT2D eigenvalue weighted by atomic mass is 10.1. The normalized spacial score (nSPS) is 10.7. The van der Waals surface area contributed by atoms with E-state index < -0.39 is 5.97 Å². The Morgan fingerprint density at radius 3 is 2.79 bits per heavy atom. The van der Waals surface area contributed by atoms with Crippen molar-refractivity contribution in [2.45, 2.75) is 32.1 Å². The summed E-state index contributed by atoms with van der Waals surface area (Å²) in [6, 6.07) is 8.19. The van der Waals surface area contributed by atoms with Crippen LogP contribution in [0.3, 0.4) is 0 Å². The van der Waals surface area contributed by atoms with E-state index in [0.717, 1.165) is 43.3 Å². The van der Waals surface area contributed by atoms with Crippen LogP contribution in [0.15, 0.2) is 28.7 Å². The molecule has 5 nitrogen and oxygen atoms in total. The van der Waals surface area contributed by atoms with E-state index in [2.05, 4.69) is 10.3 Å². The molecule has 2 aromatic rings. The second-order valence-corrected chi connectivity index (χ2v) is 4.47. The molecule has 2 N–H and O–H groups in total. The number of aliphatic carboxylic acids is 1. The summed E-state index contributed by atoms with van der Waals surface area (Å²) >= 11 is 0. The fraction of sp³-hybridized carbons (Fsp3) is 0.429. The number of anilines is 1. The number of nitrogens with zero attached hydrogens (tertiary/aromatic N) is 1. The van der Waals surface area contributed by atoms with Crippen LogP contribution in [-0.4, -0.2) is 22.6 Å². The zero-order valence-electron chi connectivity index (χ0n) is 10.8. The summed E-state index contributed by atoms with van der Waals surface area (Å²) in [7, 11) is 0. The molecule has 0 saturated carbocycles. The zero-order valence-corrected chi connectivity index (χ0v) is 10.8. The van der Waals surface area contributed by atoms with E-state index in [-0.39, 0.29) is 6.42 Å². The van der Waals surface area contributed by atoms with E-state index in [1.807, 2.05) is 24.3 Å². The highest BCUT2D eigenvalue weighted by molar-refractivity contribution is 5.74. The molecule has 2 rings (SSSR count). The van der Waals surface area contributed by atoms with Crippen molar-refractivity contribution < 1.29 is 14.3 Å². The number of carboxylic acid groups (broad SMARTS) is 1.